The summed E-state index contributed by atoms with van der Waals surface area (Å²) in [6.07, 6.45) is -3.67. The van der Waals surface area contributed by atoms with Crippen LogP contribution in [0.5, 0.6) is 0 Å². The zero-order valence-electron chi connectivity index (χ0n) is 74.6. The number of alkyl halides is 6. The number of nitrogens with zero attached hydrogens (tertiary/aromatic N) is 4. The highest BCUT2D eigenvalue weighted by Gasteiger charge is 2.43. The molecule has 25 nitrogen and oxygen atoms in total. The number of carbonyl (C=O) groups excluding carboxylic acids is 4. The molecule has 6 aromatic rings. The standard InChI is InChI=1S/C15H14F3NO2S.C15H16F3NOS.C12H21NO4.C9H10F2O.C9H18O5.C7H8O2S.C6H13N.C6H14.2C3H8O3S.2CH4/c1-4-21-14(20)12-9(3)19-13(22-12)10-6-5-8(2)11(7-10)15(16,17)18;1-4-20-8-13-10(3)19-14(21-13)11-6-5-9(2)12(7-11)15(16,17)18;1-5-16-10(14)9-7-6-8-13(9)11(15)17-12(2,3)4;1-2-12-6-7-8(10)4-3-5-9(7)11;1-2-14-6-3-5(4-10)7(11)9(13)8(6)12;1-2-9-7(8)6-4-3-5-10-6;1-2-7-5-3-4-6-7;1-4-5-6(2)3;2*1-3-6-7(2,4)5;;/h5-7H,4H2,1-3H3;5-7H,4,8H2,1-3H3;9H,5-8H2,1-4H3;3-5H,2,6H2,1H3;5-13H,2-4H2,1H3;3-5H,2H2,1H3;2-6H2,1H3;6H,4-5H2,1-3H3;2*3H2,1-2H3;2*1H4. The summed E-state index contributed by atoms with van der Waals surface area (Å²) in [6, 6.07) is 15.2. The number of halogens is 8. The van der Waals surface area contributed by atoms with Gasteiger partial charge in [0.1, 0.15) is 55.3 Å². The normalized spacial score (nSPS) is 16.5. The van der Waals surface area contributed by atoms with E-state index in [-0.39, 0.29) is 76.5 Å². The van der Waals surface area contributed by atoms with Crippen molar-refractivity contribution in [3.8, 4) is 21.1 Å². The van der Waals surface area contributed by atoms with Gasteiger partial charge in [0, 0.05) is 55.6 Å². The van der Waals surface area contributed by atoms with Gasteiger partial charge in [0.2, 0.25) is 0 Å². The quantitative estimate of drug-likeness (QED) is 0.0189. The molecule has 0 bridgehead atoms. The Balaban J connectivity index is -0.00000136. The predicted molar refractivity (Wildman–Crippen MR) is 476 cm³/mol. The molecule has 4 N–H and O–H groups in total. The van der Waals surface area contributed by atoms with Gasteiger partial charge in [-0.1, -0.05) is 91.8 Å². The Bertz CT molecular complexity index is 4160. The first-order chi connectivity index (χ1) is 57.4. The lowest BCUT2D eigenvalue weighted by Gasteiger charge is -2.39. The molecule has 1 amide bonds. The lowest BCUT2D eigenvalue weighted by atomic mass is 9.81. The van der Waals surface area contributed by atoms with Crippen LogP contribution in [0.4, 0.5) is 39.9 Å². The number of amides is 1. The van der Waals surface area contributed by atoms with Crippen LogP contribution >= 0.6 is 34.0 Å². The van der Waals surface area contributed by atoms with Gasteiger partial charge in [0.15, 0.2) is 0 Å². The van der Waals surface area contributed by atoms with Crippen molar-refractivity contribution >= 4 is 78.2 Å². The number of aryl methyl sites for hydroxylation is 4. The monoisotopic (exact) mass is 1890 g/mol. The van der Waals surface area contributed by atoms with Crippen molar-refractivity contribution in [2.24, 2.45) is 11.8 Å². The summed E-state index contributed by atoms with van der Waals surface area (Å²) < 4.78 is 187. The maximum absolute atomic E-state index is 13.0. The van der Waals surface area contributed by atoms with Crippen LogP contribution in [0.3, 0.4) is 0 Å². The van der Waals surface area contributed by atoms with E-state index in [0.29, 0.717) is 95.6 Å². The second-order valence-electron chi connectivity index (χ2n) is 28.7. The van der Waals surface area contributed by atoms with Crippen molar-refractivity contribution in [1.82, 2.24) is 19.8 Å². The highest BCUT2D eigenvalue weighted by atomic mass is 32.2. The maximum atomic E-state index is 13.0. The van der Waals surface area contributed by atoms with Crippen molar-refractivity contribution in [2.75, 3.05) is 98.2 Å². The fourth-order valence-electron chi connectivity index (χ4n) is 11.1. The number of carbonyl (C=O) groups is 4. The first kappa shape index (κ1) is 122. The molecule has 718 valence electrons. The zero-order valence-corrected chi connectivity index (χ0v) is 78.7. The lowest BCUT2D eigenvalue weighted by Crippen LogP contribution is -2.55. The molecule has 1 saturated carbocycles. The number of ether oxygens (including phenoxy) is 7. The minimum atomic E-state index is -4.42. The van der Waals surface area contributed by atoms with Crippen LogP contribution in [0.1, 0.15) is 227 Å². The molecule has 3 aromatic heterocycles. The molecule has 6 atom stereocenters. The molecule has 38 heteroatoms. The van der Waals surface area contributed by atoms with Crippen LogP contribution < -0.4 is 0 Å². The van der Waals surface area contributed by atoms with Crippen LogP contribution in [0, 0.1) is 51.2 Å². The SMILES string of the molecule is C.C.CCCC(C)C.CCN1CCCC1.CCOC(=O)C1CCCN1C(=O)OC(C)(C)C.CCOC(=O)c1cccs1.CCOC(=O)c1sc(-c2ccc(C)c(C(F)(F)F)c2)nc1C.CCOC1CC(CO)C(O)C(O)C1O.CCOCc1c(F)cccc1F.CCOCc1sc(-c2ccc(C)c(C(F)(F)F)c2)nc1C.CCOS(C)(=O)=O.CCOS(C)(=O)=O. The van der Waals surface area contributed by atoms with Crippen molar-refractivity contribution in [3.63, 3.8) is 0 Å². The van der Waals surface area contributed by atoms with Gasteiger partial charge in [-0.05, 0) is 208 Å². The number of aliphatic hydroxyl groups is 4. The Morgan fingerprint density at radius 2 is 1.08 bits per heavy atom. The molecule has 3 fully saturated rings. The molecular formula is C87H138F8N4O21S5. The number of hydrogen-bond acceptors (Lipinski definition) is 27. The van der Waals surface area contributed by atoms with E-state index in [1.54, 1.807) is 94.4 Å². The molecule has 6 unspecified atom stereocenters. The van der Waals surface area contributed by atoms with Crippen LogP contribution in [0.2, 0.25) is 0 Å². The third kappa shape index (κ3) is 49.6. The number of thiazole rings is 2. The average molecular weight is 1890 g/mol. The van der Waals surface area contributed by atoms with Gasteiger partial charge in [-0.2, -0.15) is 43.2 Å². The van der Waals surface area contributed by atoms with Crippen molar-refractivity contribution in [2.45, 2.75) is 253 Å². The number of thiophene rings is 1. The molecule has 3 aromatic carbocycles. The summed E-state index contributed by atoms with van der Waals surface area (Å²) in [6.45, 7) is 42.3. The third-order valence-corrected chi connectivity index (χ3v) is 21.6. The first-order valence-corrected chi connectivity index (χ1v) is 46.7. The largest absolute Gasteiger partial charge is 0.464 e. The average Bonchev–Trinajstić information content (AvgIpc) is 1.73. The molecule has 5 heterocycles. The number of aromatic nitrogens is 2. The van der Waals surface area contributed by atoms with Crippen LogP contribution in [0.15, 0.2) is 72.1 Å². The minimum absolute atomic E-state index is 0. The summed E-state index contributed by atoms with van der Waals surface area (Å²) in [5, 5.41) is 40.2. The summed E-state index contributed by atoms with van der Waals surface area (Å²) in [5.41, 5.74) is 0.590. The third-order valence-electron chi connectivity index (χ3n) is 17.0. The van der Waals surface area contributed by atoms with E-state index in [2.05, 4.69) is 50.9 Å². The highest BCUT2D eigenvalue weighted by molar-refractivity contribution is 7.86. The van der Waals surface area contributed by atoms with E-state index in [0.717, 1.165) is 58.9 Å². The predicted octanol–water partition coefficient (Wildman–Crippen LogP) is 19.2. The molecule has 1 aliphatic carbocycles. The maximum Gasteiger partial charge on any atom is 0.416 e. The Morgan fingerprint density at radius 3 is 1.47 bits per heavy atom. The van der Waals surface area contributed by atoms with Gasteiger partial charge < -0.3 is 58.5 Å². The molecule has 2 saturated heterocycles. The van der Waals surface area contributed by atoms with Crippen molar-refractivity contribution in [3.05, 3.63) is 138 Å². The zero-order chi connectivity index (χ0) is 94.2. The summed E-state index contributed by atoms with van der Waals surface area (Å²) in [5.74, 6) is -1.70. The van der Waals surface area contributed by atoms with E-state index in [1.807, 2.05) is 25.3 Å². The molecule has 125 heavy (non-hydrogen) atoms. The number of hydrogen-bond donors (Lipinski definition) is 4. The second kappa shape index (κ2) is 63.3. The number of likely N-dealkylation sites (tertiary alicyclic amines) is 2. The van der Waals surface area contributed by atoms with Crippen LogP contribution in [-0.2, 0) is 92.1 Å². The summed E-state index contributed by atoms with van der Waals surface area (Å²) in [7, 11) is -6.35. The first-order valence-electron chi connectivity index (χ1n) is 40.5. The molecule has 0 radical (unpaired) electrons. The van der Waals surface area contributed by atoms with Gasteiger partial charge in [-0.3, -0.25) is 13.3 Å². The Hall–Kier alpha value is -6.76. The molecule has 0 spiro atoms. The fraction of sp³-hybridized carbons (Fsp3) is 0.632. The van der Waals surface area contributed by atoms with E-state index >= 15 is 0 Å². The van der Waals surface area contributed by atoms with Gasteiger partial charge in [-0.25, -0.2) is 37.9 Å². The van der Waals surface area contributed by atoms with Crippen molar-refractivity contribution < 1.29 is 133 Å². The molecule has 2 aliphatic heterocycles. The molecule has 9 rings (SSSR count). The van der Waals surface area contributed by atoms with Gasteiger partial charge in [0.05, 0.1) is 98.4 Å². The fourth-order valence-corrected chi connectivity index (χ4v) is 14.5. The van der Waals surface area contributed by atoms with E-state index in [1.165, 1.54) is 117 Å². The Morgan fingerprint density at radius 1 is 0.592 bits per heavy atom. The highest BCUT2D eigenvalue weighted by Crippen LogP contribution is 2.39. The van der Waals surface area contributed by atoms with E-state index in [4.69, 9.17) is 38.3 Å². The lowest BCUT2D eigenvalue weighted by molar-refractivity contribution is -0.176. The van der Waals surface area contributed by atoms with Gasteiger partial charge in [-0.15, -0.1) is 34.0 Å². The number of aliphatic hydroxyl groups excluding tert-OH is 4. The van der Waals surface area contributed by atoms with E-state index in [9.17, 15) is 86.5 Å². The number of esters is 3. The topological polar surface area (TPSA) is 333 Å². The smallest absolute Gasteiger partial charge is 0.416 e. The number of rotatable bonds is 24. The minimum Gasteiger partial charge on any atom is -0.464 e. The molecular weight excluding hydrogens is 1750 g/mol. The molecule has 3 aliphatic rings. The van der Waals surface area contributed by atoms with Crippen molar-refractivity contribution in [1.29, 1.82) is 0 Å². The summed E-state index contributed by atoms with van der Waals surface area (Å²) >= 11 is 3.80. The Kier molecular flexibility index (Phi) is 61.9. The van der Waals surface area contributed by atoms with Crippen LogP contribution in [0.25, 0.3) is 21.1 Å². The van der Waals surface area contributed by atoms with Crippen LogP contribution in [-0.4, -0.2) is 215 Å². The second-order valence-corrected chi connectivity index (χ2v) is 35.0. The Labute approximate surface area is 748 Å². The van der Waals surface area contributed by atoms with E-state index < -0.39 is 109 Å². The number of benzene rings is 3. The van der Waals surface area contributed by atoms with Gasteiger partial charge in [0.25, 0.3) is 20.2 Å². The van der Waals surface area contributed by atoms with Gasteiger partial charge >= 0.3 is 36.4 Å². The summed E-state index contributed by atoms with van der Waals surface area (Å²) in [4.78, 5) is 60.6.